The average molecular weight is 514 g/mol. The first kappa shape index (κ1) is 27.9. The van der Waals surface area contributed by atoms with Gasteiger partial charge >= 0.3 is 11.9 Å². The van der Waals surface area contributed by atoms with Crippen LogP contribution in [-0.4, -0.2) is 65.8 Å². The van der Waals surface area contributed by atoms with Gasteiger partial charge in [-0.25, -0.2) is 0 Å². The highest BCUT2D eigenvalue weighted by atomic mass is 16.5. The molecule has 0 spiro atoms. The molecule has 1 saturated carbocycles. The SMILES string of the molecule is CCCN(CC1CC1)C(=O)C(=O)c1cn(CC(=O)OCC)c2ccc(NC(=O)CCCC(=O)OC)cc12. The summed E-state index contributed by atoms with van der Waals surface area (Å²) in [5.41, 5.74) is 1.18. The highest BCUT2D eigenvalue weighted by Crippen LogP contribution is 2.31. The third kappa shape index (κ3) is 7.65. The molecule has 0 radical (unpaired) electrons. The molecular weight excluding hydrogens is 478 g/mol. The van der Waals surface area contributed by atoms with Crippen LogP contribution in [0.3, 0.4) is 0 Å². The molecule has 0 unspecified atom stereocenters. The second-order valence-corrected chi connectivity index (χ2v) is 9.21. The zero-order chi connectivity index (χ0) is 26.9. The number of rotatable bonds is 14. The van der Waals surface area contributed by atoms with Crippen molar-refractivity contribution in [1.29, 1.82) is 0 Å². The Morgan fingerprint density at radius 3 is 2.49 bits per heavy atom. The first-order valence-electron chi connectivity index (χ1n) is 12.8. The predicted molar refractivity (Wildman–Crippen MR) is 137 cm³/mol. The molecule has 1 aliphatic rings. The van der Waals surface area contributed by atoms with Gasteiger partial charge in [-0.15, -0.1) is 0 Å². The van der Waals surface area contributed by atoms with Crippen LogP contribution >= 0.6 is 0 Å². The van der Waals surface area contributed by atoms with E-state index in [2.05, 4.69) is 10.1 Å². The molecule has 10 heteroatoms. The number of aromatic nitrogens is 1. The van der Waals surface area contributed by atoms with E-state index in [4.69, 9.17) is 4.74 Å². The van der Waals surface area contributed by atoms with Gasteiger partial charge in [0.2, 0.25) is 5.91 Å². The largest absolute Gasteiger partial charge is 0.469 e. The third-order valence-electron chi connectivity index (χ3n) is 6.18. The van der Waals surface area contributed by atoms with Gasteiger partial charge in [0.15, 0.2) is 0 Å². The van der Waals surface area contributed by atoms with Crippen molar-refractivity contribution in [2.24, 2.45) is 5.92 Å². The zero-order valence-electron chi connectivity index (χ0n) is 21.7. The molecule has 1 N–H and O–H groups in total. The molecule has 1 aromatic heterocycles. The topological polar surface area (TPSA) is 124 Å². The van der Waals surface area contributed by atoms with Gasteiger partial charge in [0.05, 0.1) is 19.3 Å². The fourth-order valence-electron chi connectivity index (χ4n) is 4.17. The quantitative estimate of drug-likeness (QED) is 0.233. The molecule has 0 saturated heterocycles. The molecule has 10 nitrogen and oxygen atoms in total. The molecule has 0 aliphatic heterocycles. The second kappa shape index (κ2) is 13.0. The minimum Gasteiger partial charge on any atom is -0.469 e. The Hall–Kier alpha value is -3.69. The first-order chi connectivity index (χ1) is 17.8. The number of benzene rings is 1. The molecule has 1 fully saturated rings. The van der Waals surface area contributed by atoms with Crippen LogP contribution in [0.15, 0.2) is 24.4 Å². The van der Waals surface area contributed by atoms with Crippen LogP contribution in [0.4, 0.5) is 5.69 Å². The Bertz CT molecular complexity index is 1170. The van der Waals surface area contributed by atoms with Gasteiger partial charge in [0.1, 0.15) is 6.54 Å². The molecular formula is C27H35N3O7. The maximum Gasteiger partial charge on any atom is 0.325 e. The highest BCUT2D eigenvalue weighted by molar-refractivity contribution is 6.45. The maximum atomic E-state index is 13.4. The van der Waals surface area contributed by atoms with E-state index in [-0.39, 0.29) is 43.4 Å². The van der Waals surface area contributed by atoms with Crippen molar-refractivity contribution in [3.05, 3.63) is 30.0 Å². The van der Waals surface area contributed by atoms with Crippen molar-refractivity contribution in [3.8, 4) is 0 Å². The summed E-state index contributed by atoms with van der Waals surface area (Å²) in [5.74, 6) is -1.92. The van der Waals surface area contributed by atoms with E-state index < -0.39 is 17.7 Å². The van der Waals surface area contributed by atoms with Gasteiger partial charge in [-0.2, -0.15) is 0 Å². The van der Waals surface area contributed by atoms with Crippen molar-refractivity contribution in [3.63, 3.8) is 0 Å². The van der Waals surface area contributed by atoms with E-state index in [1.54, 1.807) is 34.6 Å². The number of hydrogen-bond donors (Lipinski definition) is 1. The van der Waals surface area contributed by atoms with Crippen LogP contribution in [0.2, 0.25) is 0 Å². The van der Waals surface area contributed by atoms with Gasteiger partial charge in [-0.3, -0.25) is 24.0 Å². The number of methoxy groups -OCH3 is 1. The van der Waals surface area contributed by atoms with Gasteiger partial charge < -0.3 is 24.3 Å². The molecule has 1 aliphatic carbocycles. The normalized spacial score (nSPS) is 12.7. The summed E-state index contributed by atoms with van der Waals surface area (Å²) in [6.45, 7) is 4.83. The molecule has 1 heterocycles. The van der Waals surface area contributed by atoms with Crippen LogP contribution in [0.5, 0.6) is 0 Å². The molecule has 0 atom stereocenters. The van der Waals surface area contributed by atoms with Crippen molar-refractivity contribution in [2.45, 2.75) is 58.9 Å². The van der Waals surface area contributed by atoms with Crippen molar-refractivity contribution < 1.29 is 33.4 Å². The number of fused-ring (bicyclic) bond motifs is 1. The number of carbonyl (C=O) groups is 5. The lowest BCUT2D eigenvalue weighted by molar-refractivity contribution is -0.144. The van der Waals surface area contributed by atoms with Gasteiger partial charge in [0.25, 0.3) is 11.7 Å². The standard InChI is InChI=1S/C27H35N3O7/c1-4-13-29(15-18-9-10-18)27(35)26(34)21-16-30(17-25(33)37-5-2)22-12-11-19(14-20(21)22)28-23(31)7-6-8-24(32)36-3/h11-12,14,16,18H,4-10,13,15,17H2,1-3H3,(H,28,31). The van der Waals surface area contributed by atoms with Crippen LogP contribution in [0, 0.1) is 5.92 Å². The van der Waals surface area contributed by atoms with Crippen LogP contribution < -0.4 is 5.32 Å². The van der Waals surface area contributed by atoms with Gasteiger partial charge in [-0.1, -0.05) is 6.92 Å². The lowest BCUT2D eigenvalue weighted by Gasteiger charge is -2.21. The second-order valence-electron chi connectivity index (χ2n) is 9.21. The van der Waals surface area contributed by atoms with Crippen LogP contribution in [0.1, 0.15) is 62.7 Å². The lowest BCUT2D eigenvalue weighted by atomic mass is 10.1. The summed E-state index contributed by atoms with van der Waals surface area (Å²) in [6, 6.07) is 4.98. The maximum absolute atomic E-state index is 13.4. The number of hydrogen-bond acceptors (Lipinski definition) is 7. The van der Waals surface area contributed by atoms with Crippen LogP contribution in [0.25, 0.3) is 10.9 Å². The molecule has 37 heavy (non-hydrogen) atoms. The molecule has 200 valence electrons. The van der Waals surface area contributed by atoms with E-state index >= 15 is 0 Å². The van der Waals surface area contributed by atoms with Gasteiger partial charge in [0, 0.05) is 48.7 Å². The summed E-state index contributed by atoms with van der Waals surface area (Å²) in [7, 11) is 1.29. The Morgan fingerprint density at radius 1 is 1.08 bits per heavy atom. The third-order valence-corrected chi connectivity index (χ3v) is 6.18. The summed E-state index contributed by atoms with van der Waals surface area (Å²) in [4.78, 5) is 64.1. The summed E-state index contributed by atoms with van der Waals surface area (Å²) in [6.07, 6.45) is 4.95. The smallest absolute Gasteiger partial charge is 0.325 e. The Labute approximate surface area is 216 Å². The number of nitrogens with one attached hydrogen (secondary N) is 1. The fraction of sp³-hybridized carbons (Fsp3) is 0.519. The minimum atomic E-state index is -0.650. The fourth-order valence-corrected chi connectivity index (χ4v) is 4.17. The number of carbonyl (C=O) groups excluding carboxylic acids is 5. The predicted octanol–water partition coefficient (Wildman–Crippen LogP) is 3.32. The zero-order valence-corrected chi connectivity index (χ0v) is 21.7. The van der Waals surface area contributed by atoms with E-state index in [1.165, 1.54) is 13.3 Å². The Balaban J connectivity index is 1.87. The molecule has 2 amide bonds. The van der Waals surface area contributed by atoms with E-state index in [0.717, 1.165) is 19.3 Å². The molecule has 3 rings (SSSR count). The number of anilines is 1. The van der Waals surface area contributed by atoms with E-state index in [0.29, 0.717) is 42.0 Å². The minimum absolute atomic E-state index is 0.119. The lowest BCUT2D eigenvalue weighted by Crippen LogP contribution is -2.38. The highest BCUT2D eigenvalue weighted by Gasteiger charge is 2.31. The van der Waals surface area contributed by atoms with Crippen molar-refractivity contribution in [1.82, 2.24) is 9.47 Å². The van der Waals surface area contributed by atoms with E-state index in [9.17, 15) is 24.0 Å². The van der Waals surface area contributed by atoms with Crippen molar-refractivity contribution in [2.75, 3.05) is 32.1 Å². The Morgan fingerprint density at radius 2 is 1.84 bits per heavy atom. The number of nitrogens with zero attached hydrogens (tertiary/aromatic N) is 2. The molecule has 2 aromatic rings. The average Bonchev–Trinajstić information content (AvgIpc) is 3.63. The summed E-state index contributed by atoms with van der Waals surface area (Å²) in [5, 5.41) is 3.23. The van der Waals surface area contributed by atoms with Gasteiger partial charge in [-0.05, 0) is 56.7 Å². The number of amides is 2. The van der Waals surface area contributed by atoms with Crippen molar-refractivity contribution >= 4 is 46.1 Å². The first-order valence-corrected chi connectivity index (χ1v) is 12.8. The van der Waals surface area contributed by atoms with Crippen LogP contribution in [-0.2, 0) is 35.2 Å². The monoisotopic (exact) mass is 513 g/mol. The Kier molecular flexibility index (Phi) is 9.82. The summed E-state index contributed by atoms with van der Waals surface area (Å²) < 4.78 is 11.2. The number of ether oxygens (including phenoxy) is 2. The number of Topliss-reactive ketones (excluding diaryl/α,β-unsaturated/α-hetero) is 1. The number of ketones is 1. The molecule has 1 aromatic carbocycles. The summed E-state index contributed by atoms with van der Waals surface area (Å²) >= 11 is 0. The molecule has 0 bridgehead atoms. The number of esters is 2. The van der Waals surface area contributed by atoms with E-state index in [1.807, 2.05) is 6.92 Å².